The van der Waals surface area contributed by atoms with Crippen molar-refractivity contribution < 1.29 is 14.3 Å². The lowest BCUT2D eigenvalue weighted by Gasteiger charge is -2.34. The zero-order valence-electron chi connectivity index (χ0n) is 12.1. The number of hydrogen-bond donors (Lipinski definition) is 1. The lowest BCUT2D eigenvalue weighted by Crippen LogP contribution is -2.47. The van der Waals surface area contributed by atoms with Crippen molar-refractivity contribution in [2.24, 2.45) is 5.73 Å². The van der Waals surface area contributed by atoms with Crippen molar-refractivity contribution in [2.45, 2.75) is 38.2 Å². The fraction of sp³-hybridized carbons (Fsp3) is 0.857. The highest BCUT2D eigenvalue weighted by atomic mass is 16.5. The summed E-state index contributed by atoms with van der Waals surface area (Å²) in [7, 11) is 0. The maximum absolute atomic E-state index is 12.2. The van der Waals surface area contributed by atoms with Gasteiger partial charge in [-0.2, -0.15) is 0 Å². The van der Waals surface area contributed by atoms with Crippen LogP contribution in [0.3, 0.4) is 0 Å². The van der Waals surface area contributed by atoms with Gasteiger partial charge in [0.25, 0.3) is 0 Å². The second kappa shape index (κ2) is 7.59. The molecule has 2 fully saturated rings. The van der Waals surface area contributed by atoms with Gasteiger partial charge < -0.3 is 20.3 Å². The van der Waals surface area contributed by atoms with E-state index in [9.17, 15) is 9.59 Å². The van der Waals surface area contributed by atoms with Crippen LogP contribution >= 0.6 is 0 Å². The molecule has 6 heteroatoms. The summed E-state index contributed by atoms with van der Waals surface area (Å²) in [5.74, 6) is 0.306. The van der Waals surface area contributed by atoms with Gasteiger partial charge in [0.15, 0.2) is 0 Å². The van der Waals surface area contributed by atoms with Gasteiger partial charge in [-0.15, -0.1) is 0 Å². The summed E-state index contributed by atoms with van der Waals surface area (Å²) in [5.41, 5.74) is 5.52. The molecule has 2 heterocycles. The van der Waals surface area contributed by atoms with Gasteiger partial charge in [-0.3, -0.25) is 9.59 Å². The van der Waals surface area contributed by atoms with E-state index in [-0.39, 0.29) is 17.9 Å². The largest absolute Gasteiger partial charge is 0.374 e. The lowest BCUT2D eigenvalue weighted by atomic mass is 10.1. The van der Waals surface area contributed by atoms with E-state index in [0.717, 1.165) is 25.8 Å². The van der Waals surface area contributed by atoms with Crippen LogP contribution in [0.15, 0.2) is 0 Å². The minimum absolute atomic E-state index is 0.0642. The second-order valence-corrected chi connectivity index (χ2v) is 5.50. The Labute approximate surface area is 120 Å². The molecule has 0 aromatic rings. The van der Waals surface area contributed by atoms with Crippen molar-refractivity contribution in [3.63, 3.8) is 0 Å². The topological polar surface area (TPSA) is 75.9 Å². The molecule has 2 rings (SSSR count). The van der Waals surface area contributed by atoms with E-state index >= 15 is 0 Å². The Balaban J connectivity index is 1.74. The molecule has 2 saturated heterocycles. The molecule has 2 N–H and O–H groups in total. The number of nitrogens with zero attached hydrogens (tertiary/aromatic N) is 2. The van der Waals surface area contributed by atoms with Crippen LogP contribution in [0.1, 0.15) is 32.1 Å². The number of rotatable bonds is 5. The first-order valence-electron chi connectivity index (χ1n) is 7.58. The number of carbonyl (C=O) groups is 2. The van der Waals surface area contributed by atoms with Crippen molar-refractivity contribution in [3.8, 4) is 0 Å². The van der Waals surface area contributed by atoms with Crippen LogP contribution in [0.2, 0.25) is 0 Å². The Morgan fingerprint density at radius 2 is 2.20 bits per heavy atom. The molecule has 1 atom stereocenters. The number of morpholine rings is 1. The Hall–Kier alpha value is -1.14. The highest BCUT2D eigenvalue weighted by Crippen LogP contribution is 2.13. The van der Waals surface area contributed by atoms with Crippen LogP contribution in [0, 0.1) is 0 Å². The zero-order chi connectivity index (χ0) is 14.4. The van der Waals surface area contributed by atoms with Gasteiger partial charge >= 0.3 is 0 Å². The first-order chi connectivity index (χ1) is 9.70. The fourth-order valence-corrected chi connectivity index (χ4v) is 2.79. The van der Waals surface area contributed by atoms with E-state index in [4.69, 9.17) is 10.5 Å². The van der Waals surface area contributed by atoms with Crippen molar-refractivity contribution >= 4 is 11.8 Å². The predicted molar refractivity (Wildman–Crippen MR) is 75.0 cm³/mol. The predicted octanol–water partition coefficient (Wildman–Crippen LogP) is -0.0348. The molecule has 0 radical (unpaired) electrons. The Bertz CT molecular complexity index is 347. The zero-order valence-corrected chi connectivity index (χ0v) is 12.1. The van der Waals surface area contributed by atoms with Gasteiger partial charge in [0.2, 0.25) is 11.8 Å². The fourth-order valence-electron chi connectivity index (χ4n) is 2.79. The van der Waals surface area contributed by atoms with E-state index in [0.29, 0.717) is 45.6 Å². The van der Waals surface area contributed by atoms with E-state index in [1.165, 1.54) is 0 Å². The molecular formula is C14H25N3O3. The summed E-state index contributed by atoms with van der Waals surface area (Å²) in [6.07, 6.45) is 3.93. The minimum Gasteiger partial charge on any atom is -0.374 e. The van der Waals surface area contributed by atoms with Gasteiger partial charge in [-0.05, 0) is 25.8 Å². The van der Waals surface area contributed by atoms with Crippen molar-refractivity contribution in [2.75, 3.05) is 39.3 Å². The summed E-state index contributed by atoms with van der Waals surface area (Å²) in [6.45, 7) is 3.79. The first-order valence-corrected chi connectivity index (χ1v) is 7.58. The molecule has 2 aliphatic rings. The number of carbonyl (C=O) groups excluding carboxylic acids is 2. The average molecular weight is 283 g/mol. The maximum atomic E-state index is 12.2. The quantitative estimate of drug-likeness (QED) is 0.768. The Morgan fingerprint density at radius 3 is 2.95 bits per heavy atom. The van der Waals surface area contributed by atoms with E-state index in [1.807, 2.05) is 9.80 Å². The monoisotopic (exact) mass is 283 g/mol. The van der Waals surface area contributed by atoms with Gasteiger partial charge in [0.1, 0.15) is 0 Å². The molecule has 0 aromatic heterocycles. The van der Waals surface area contributed by atoms with Crippen LogP contribution < -0.4 is 5.73 Å². The summed E-state index contributed by atoms with van der Waals surface area (Å²) < 4.78 is 5.57. The van der Waals surface area contributed by atoms with Gasteiger partial charge in [-0.25, -0.2) is 0 Å². The average Bonchev–Trinajstić information content (AvgIpc) is 2.47. The molecule has 2 amide bonds. The first kappa shape index (κ1) is 15.3. The Kier molecular flexibility index (Phi) is 5.79. The number of piperidine rings is 1. The van der Waals surface area contributed by atoms with Crippen LogP contribution in [0.25, 0.3) is 0 Å². The van der Waals surface area contributed by atoms with Crippen LogP contribution in [-0.2, 0) is 14.3 Å². The van der Waals surface area contributed by atoms with Gasteiger partial charge in [0.05, 0.1) is 12.7 Å². The van der Waals surface area contributed by atoms with E-state index in [1.54, 1.807) is 0 Å². The molecule has 0 aliphatic carbocycles. The smallest absolute Gasteiger partial charge is 0.224 e. The lowest BCUT2D eigenvalue weighted by molar-refractivity contribution is -0.140. The van der Waals surface area contributed by atoms with Crippen molar-refractivity contribution in [1.82, 2.24) is 9.80 Å². The normalized spacial score (nSPS) is 24.1. The number of ether oxygens (including phenoxy) is 1. The number of amides is 2. The molecule has 20 heavy (non-hydrogen) atoms. The number of hydrogen-bond acceptors (Lipinski definition) is 4. The molecule has 0 aromatic carbocycles. The summed E-state index contributed by atoms with van der Waals surface area (Å²) in [4.78, 5) is 27.6. The highest BCUT2D eigenvalue weighted by Gasteiger charge is 2.25. The Morgan fingerprint density at radius 1 is 1.35 bits per heavy atom. The molecule has 0 bridgehead atoms. The van der Waals surface area contributed by atoms with E-state index < -0.39 is 0 Å². The van der Waals surface area contributed by atoms with Crippen LogP contribution in [0.4, 0.5) is 0 Å². The van der Waals surface area contributed by atoms with E-state index in [2.05, 4.69) is 0 Å². The number of likely N-dealkylation sites (tertiary alicyclic amines) is 1. The summed E-state index contributed by atoms with van der Waals surface area (Å²) >= 11 is 0. The SMILES string of the molecule is NCC[C@@H]1CN(C(=O)CCN2CCCCC2=O)CCO1. The maximum Gasteiger partial charge on any atom is 0.224 e. The number of nitrogens with two attached hydrogens (primary N) is 1. The molecule has 6 nitrogen and oxygen atoms in total. The van der Waals surface area contributed by atoms with Crippen LogP contribution in [-0.4, -0.2) is 67.0 Å². The molecule has 2 aliphatic heterocycles. The highest BCUT2D eigenvalue weighted by molar-refractivity contribution is 5.79. The third-order valence-electron chi connectivity index (χ3n) is 4.00. The molecular weight excluding hydrogens is 258 g/mol. The van der Waals surface area contributed by atoms with Crippen molar-refractivity contribution in [3.05, 3.63) is 0 Å². The van der Waals surface area contributed by atoms with Crippen LogP contribution in [0.5, 0.6) is 0 Å². The van der Waals surface area contributed by atoms with Gasteiger partial charge in [0, 0.05) is 39.0 Å². The second-order valence-electron chi connectivity index (χ2n) is 5.50. The van der Waals surface area contributed by atoms with Gasteiger partial charge in [-0.1, -0.05) is 0 Å². The third-order valence-corrected chi connectivity index (χ3v) is 4.00. The summed E-state index contributed by atoms with van der Waals surface area (Å²) in [6, 6.07) is 0. The molecule has 0 spiro atoms. The molecule has 0 saturated carbocycles. The standard InChI is InChI=1S/C14H25N3O3/c15-6-4-12-11-17(9-10-20-12)14(19)5-8-16-7-2-1-3-13(16)18/h12H,1-11,15H2/t12-/m1/s1. The van der Waals surface area contributed by atoms with Crippen molar-refractivity contribution in [1.29, 1.82) is 0 Å². The third kappa shape index (κ3) is 4.18. The minimum atomic E-state index is 0.0642. The summed E-state index contributed by atoms with van der Waals surface area (Å²) in [5, 5.41) is 0. The molecule has 0 unspecified atom stereocenters. The molecule has 114 valence electrons.